The molecule has 1 aromatic carbocycles. The number of nitrogens with zero attached hydrogens (tertiary/aromatic N) is 4. The highest BCUT2D eigenvalue weighted by molar-refractivity contribution is 6.37. The summed E-state index contributed by atoms with van der Waals surface area (Å²) in [6.45, 7) is 0. The van der Waals surface area contributed by atoms with Gasteiger partial charge in [0, 0.05) is 0 Å². The Balaban J connectivity index is 2.42. The molecule has 0 saturated carbocycles. The summed E-state index contributed by atoms with van der Waals surface area (Å²) in [6, 6.07) is 4.16. The van der Waals surface area contributed by atoms with Crippen molar-refractivity contribution in [1.82, 2.24) is 19.7 Å². The van der Waals surface area contributed by atoms with Crippen molar-refractivity contribution in [1.29, 1.82) is 0 Å². The van der Waals surface area contributed by atoms with Crippen LogP contribution in [0.4, 0.5) is 32.2 Å². The van der Waals surface area contributed by atoms with E-state index in [1.165, 1.54) is 18.2 Å². The van der Waals surface area contributed by atoms with E-state index in [0.29, 0.717) is 4.68 Å². The monoisotopic (exact) mass is 415 g/mol. The number of para-hydroxylation sites is 1. The molecule has 0 saturated heterocycles. The van der Waals surface area contributed by atoms with E-state index in [-0.39, 0.29) is 15.7 Å². The predicted molar refractivity (Wildman–Crippen MR) is 81.1 cm³/mol. The molecule has 2 N–H and O–H groups in total. The van der Waals surface area contributed by atoms with Gasteiger partial charge in [-0.15, -0.1) is 5.10 Å². The number of hydrogen-bond acceptors (Lipinski definition) is 4. The van der Waals surface area contributed by atoms with Crippen molar-refractivity contribution < 1.29 is 26.3 Å². The zero-order chi connectivity index (χ0) is 19.4. The number of rotatable bonds is 1. The van der Waals surface area contributed by atoms with Gasteiger partial charge in [-0.05, 0) is 12.1 Å². The standard InChI is InChI=1S/C13H5Cl2F6N5/c14-4-2-1-3-5(15)7(4)26-9(22)6-8(12(16,17)18)23-11(13(19,20)21)24-10(6)25-26/h1-3H,22H2. The Morgan fingerprint density at radius 2 is 1.50 bits per heavy atom. The maximum absolute atomic E-state index is 13.2. The SMILES string of the molecule is Nc1c2c(C(F)(F)F)nc(C(F)(F)F)nc2nn1-c1c(Cl)cccc1Cl. The van der Waals surface area contributed by atoms with Crippen molar-refractivity contribution in [2.24, 2.45) is 0 Å². The second-order valence-corrected chi connectivity index (χ2v) is 5.77. The Bertz CT molecular complexity index is 991. The lowest BCUT2D eigenvalue weighted by Crippen LogP contribution is -2.17. The van der Waals surface area contributed by atoms with Crippen LogP contribution >= 0.6 is 23.2 Å². The van der Waals surface area contributed by atoms with Gasteiger partial charge in [0.15, 0.2) is 11.3 Å². The molecule has 13 heteroatoms. The van der Waals surface area contributed by atoms with E-state index in [1.807, 2.05) is 0 Å². The summed E-state index contributed by atoms with van der Waals surface area (Å²) in [5.41, 5.74) is 2.83. The first-order chi connectivity index (χ1) is 11.9. The highest BCUT2D eigenvalue weighted by atomic mass is 35.5. The molecular formula is C13H5Cl2F6N5. The Labute approximate surface area is 150 Å². The van der Waals surface area contributed by atoms with Crippen molar-refractivity contribution in [3.05, 3.63) is 39.8 Å². The summed E-state index contributed by atoms with van der Waals surface area (Å²) in [5, 5.41) is 2.67. The van der Waals surface area contributed by atoms with E-state index >= 15 is 0 Å². The van der Waals surface area contributed by atoms with Gasteiger partial charge in [-0.25, -0.2) is 14.6 Å². The van der Waals surface area contributed by atoms with Gasteiger partial charge < -0.3 is 5.73 Å². The molecule has 26 heavy (non-hydrogen) atoms. The van der Waals surface area contributed by atoms with Crippen LogP contribution < -0.4 is 5.73 Å². The minimum absolute atomic E-state index is 0.0328. The van der Waals surface area contributed by atoms with Gasteiger partial charge in [-0.2, -0.15) is 26.3 Å². The van der Waals surface area contributed by atoms with Crippen molar-refractivity contribution in [2.45, 2.75) is 12.4 Å². The summed E-state index contributed by atoms with van der Waals surface area (Å²) < 4.78 is 78.9. The minimum atomic E-state index is -5.23. The summed E-state index contributed by atoms with van der Waals surface area (Å²) in [6.07, 6.45) is -10.4. The molecule has 138 valence electrons. The fraction of sp³-hybridized carbons (Fsp3) is 0.154. The number of benzene rings is 1. The van der Waals surface area contributed by atoms with Crippen LogP contribution in [0, 0.1) is 0 Å². The van der Waals surface area contributed by atoms with E-state index in [4.69, 9.17) is 28.9 Å². The van der Waals surface area contributed by atoms with Gasteiger partial charge in [0.25, 0.3) is 0 Å². The van der Waals surface area contributed by atoms with Crippen molar-refractivity contribution in [3.8, 4) is 5.69 Å². The third-order valence-electron chi connectivity index (χ3n) is 3.24. The molecule has 0 bridgehead atoms. The lowest BCUT2D eigenvalue weighted by molar-refractivity contribution is -0.151. The molecule has 3 rings (SSSR count). The van der Waals surface area contributed by atoms with E-state index < -0.39 is 40.7 Å². The molecule has 0 unspecified atom stereocenters. The second-order valence-electron chi connectivity index (χ2n) is 4.96. The maximum atomic E-state index is 13.2. The number of alkyl halides is 6. The highest BCUT2D eigenvalue weighted by Gasteiger charge is 2.43. The number of aromatic nitrogens is 4. The van der Waals surface area contributed by atoms with E-state index in [9.17, 15) is 26.3 Å². The third kappa shape index (κ3) is 3.01. The topological polar surface area (TPSA) is 69.6 Å². The van der Waals surface area contributed by atoms with Crippen molar-refractivity contribution >= 4 is 40.1 Å². The number of fused-ring (bicyclic) bond motifs is 1. The first kappa shape index (κ1) is 18.5. The molecule has 0 amide bonds. The Morgan fingerprint density at radius 1 is 0.923 bits per heavy atom. The first-order valence-corrected chi connectivity index (χ1v) is 7.32. The lowest BCUT2D eigenvalue weighted by atomic mass is 10.2. The fourth-order valence-corrected chi connectivity index (χ4v) is 2.76. The first-order valence-electron chi connectivity index (χ1n) is 6.56. The molecule has 0 aliphatic carbocycles. The Kier molecular flexibility index (Phi) is 4.19. The molecule has 0 fully saturated rings. The number of halogens is 8. The lowest BCUT2D eigenvalue weighted by Gasteiger charge is -2.11. The molecular weight excluding hydrogens is 411 g/mol. The zero-order valence-corrected chi connectivity index (χ0v) is 13.6. The molecule has 0 aliphatic heterocycles. The molecule has 2 heterocycles. The Hall–Kier alpha value is -2.27. The summed E-state index contributed by atoms with van der Waals surface area (Å²) >= 11 is 11.9. The van der Waals surface area contributed by atoms with Gasteiger partial charge in [0.1, 0.15) is 11.5 Å². The van der Waals surface area contributed by atoms with Crippen LogP contribution in [0.2, 0.25) is 10.0 Å². The summed E-state index contributed by atoms with van der Waals surface area (Å²) in [5.74, 6) is -2.65. The largest absolute Gasteiger partial charge is 0.451 e. The van der Waals surface area contributed by atoms with Crippen molar-refractivity contribution in [3.63, 3.8) is 0 Å². The second kappa shape index (κ2) is 5.88. The minimum Gasteiger partial charge on any atom is -0.383 e. The van der Waals surface area contributed by atoms with Crippen molar-refractivity contribution in [2.75, 3.05) is 5.73 Å². The van der Waals surface area contributed by atoms with Crippen LogP contribution in [0.15, 0.2) is 18.2 Å². The van der Waals surface area contributed by atoms with E-state index in [1.54, 1.807) is 0 Å². The zero-order valence-electron chi connectivity index (χ0n) is 12.1. The van der Waals surface area contributed by atoms with E-state index in [0.717, 1.165) is 0 Å². The summed E-state index contributed by atoms with van der Waals surface area (Å²) in [7, 11) is 0. The van der Waals surface area contributed by atoms with Gasteiger partial charge in [0.05, 0.1) is 15.4 Å². The van der Waals surface area contributed by atoms with Crippen LogP contribution in [-0.4, -0.2) is 19.7 Å². The summed E-state index contributed by atoms with van der Waals surface area (Å²) in [4.78, 5) is 5.65. The quantitative estimate of drug-likeness (QED) is 0.582. The number of nitrogen functional groups attached to an aromatic ring is 1. The normalized spacial score (nSPS) is 12.8. The molecule has 0 spiro atoms. The highest BCUT2D eigenvalue weighted by Crippen LogP contribution is 2.40. The molecule has 0 atom stereocenters. The molecule has 3 aromatic rings. The Morgan fingerprint density at radius 3 is 2.00 bits per heavy atom. The number of hydrogen-bond donors (Lipinski definition) is 1. The van der Waals surface area contributed by atoms with Gasteiger partial charge in [-0.3, -0.25) is 0 Å². The molecule has 5 nitrogen and oxygen atoms in total. The molecule has 0 aliphatic rings. The molecule has 0 radical (unpaired) electrons. The smallest absolute Gasteiger partial charge is 0.383 e. The number of anilines is 1. The predicted octanol–water partition coefficient (Wildman–Crippen LogP) is 4.74. The van der Waals surface area contributed by atoms with Crippen LogP contribution in [-0.2, 0) is 12.4 Å². The fourth-order valence-electron chi connectivity index (χ4n) is 2.21. The average molecular weight is 416 g/mol. The van der Waals surface area contributed by atoms with E-state index in [2.05, 4.69) is 15.1 Å². The average Bonchev–Trinajstić information content (AvgIpc) is 2.81. The van der Waals surface area contributed by atoms with Crippen LogP contribution in [0.3, 0.4) is 0 Å². The van der Waals surface area contributed by atoms with Gasteiger partial charge >= 0.3 is 12.4 Å². The van der Waals surface area contributed by atoms with Crippen LogP contribution in [0.1, 0.15) is 11.5 Å². The van der Waals surface area contributed by atoms with Gasteiger partial charge in [-0.1, -0.05) is 29.3 Å². The van der Waals surface area contributed by atoms with Crippen LogP contribution in [0.5, 0.6) is 0 Å². The maximum Gasteiger partial charge on any atom is 0.451 e. The van der Waals surface area contributed by atoms with Crippen LogP contribution in [0.25, 0.3) is 16.7 Å². The number of nitrogens with two attached hydrogens (primary N) is 1. The third-order valence-corrected chi connectivity index (χ3v) is 3.85. The molecule has 2 aromatic heterocycles. The van der Waals surface area contributed by atoms with Gasteiger partial charge in [0.2, 0.25) is 5.82 Å².